The standard InChI is InChI=1S/C15H23NO4S/c1-3-5-13-6-8-14(9-7-13)21(19,20)16-11-12(4-2)10-15(17)18/h6-9,12,16H,3-5,10-11H2,1-2H3,(H,17,18). The molecule has 6 heteroatoms. The highest BCUT2D eigenvalue weighted by Crippen LogP contribution is 2.13. The SMILES string of the molecule is CCCc1ccc(S(=O)(=O)NCC(CC)CC(=O)O)cc1. The summed E-state index contributed by atoms with van der Waals surface area (Å²) in [6.45, 7) is 4.06. The fraction of sp³-hybridized carbons (Fsp3) is 0.533. The first-order chi connectivity index (χ1) is 9.89. The van der Waals surface area contributed by atoms with E-state index in [1.54, 1.807) is 12.1 Å². The summed E-state index contributed by atoms with van der Waals surface area (Å²) in [6, 6.07) is 6.80. The van der Waals surface area contributed by atoms with Gasteiger partial charge in [0.1, 0.15) is 0 Å². The molecule has 0 bridgehead atoms. The van der Waals surface area contributed by atoms with Gasteiger partial charge < -0.3 is 5.11 Å². The van der Waals surface area contributed by atoms with Gasteiger partial charge in [-0.15, -0.1) is 0 Å². The highest BCUT2D eigenvalue weighted by molar-refractivity contribution is 7.89. The van der Waals surface area contributed by atoms with Crippen molar-refractivity contribution < 1.29 is 18.3 Å². The molecule has 21 heavy (non-hydrogen) atoms. The average Bonchev–Trinajstić information content (AvgIpc) is 2.44. The normalized spacial score (nSPS) is 13.0. The molecular weight excluding hydrogens is 290 g/mol. The van der Waals surface area contributed by atoms with Crippen molar-refractivity contribution in [3.8, 4) is 0 Å². The van der Waals surface area contributed by atoms with Crippen LogP contribution in [0.5, 0.6) is 0 Å². The lowest BCUT2D eigenvalue weighted by molar-refractivity contribution is -0.138. The zero-order chi connectivity index (χ0) is 15.9. The summed E-state index contributed by atoms with van der Waals surface area (Å²) in [5, 5.41) is 8.77. The van der Waals surface area contributed by atoms with Gasteiger partial charge in [-0.3, -0.25) is 4.79 Å². The van der Waals surface area contributed by atoms with Gasteiger partial charge in [0.2, 0.25) is 10.0 Å². The largest absolute Gasteiger partial charge is 0.481 e. The van der Waals surface area contributed by atoms with Crippen molar-refractivity contribution in [2.24, 2.45) is 5.92 Å². The number of carboxylic acid groups (broad SMARTS) is 1. The second-order valence-electron chi connectivity index (χ2n) is 5.12. The molecule has 1 aromatic rings. The molecule has 1 unspecified atom stereocenters. The molecule has 118 valence electrons. The average molecular weight is 313 g/mol. The number of aryl methyl sites for hydroxylation is 1. The quantitative estimate of drug-likeness (QED) is 0.733. The Hall–Kier alpha value is -1.40. The third kappa shape index (κ3) is 5.85. The molecule has 5 nitrogen and oxygen atoms in total. The molecule has 2 N–H and O–H groups in total. The van der Waals surface area contributed by atoms with E-state index in [4.69, 9.17) is 5.11 Å². The van der Waals surface area contributed by atoms with E-state index in [1.165, 1.54) is 0 Å². The second kappa shape index (κ2) is 8.14. The van der Waals surface area contributed by atoms with Gasteiger partial charge in [0.05, 0.1) is 4.90 Å². The van der Waals surface area contributed by atoms with Crippen LogP contribution in [0.4, 0.5) is 0 Å². The minimum atomic E-state index is -3.58. The van der Waals surface area contributed by atoms with Crippen molar-refractivity contribution in [3.63, 3.8) is 0 Å². The van der Waals surface area contributed by atoms with E-state index in [0.29, 0.717) is 6.42 Å². The van der Waals surface area contributed by atoms with Gasteiger partial charge in [0.25, 0.3) is 0 Å². The Morgan fingerprint density at radius 2 is 1.86 bits per heavy atom. The Morgan fingerprint density at radius 1 is 1.24 bits per heavy atom. The van der Waals surface area contributed by atoms with Crippen molar-refractivity contribution in [1.29, 1.82) is 0 Å². The molecule has 0 aliphatic rings. The lowest BCUT2D eigenvalue weighted by Crippen LogP contribution is -2.30. The molecule has 0 saturated heterocycles. The van der Waals surface area contributed by atoms with Gasteiger partial charge >= 0.3 is 5.97 Å². The molecule has 0 amide bonds. The summed E-state index contributed by atoms with van der Waals surface area (Å²) in [5.74, 6) is -1.11. The molecule has 0 fully saturated rings. The van der Waals surface area contributed by atoms with E-state index in [-0.39, 0.29) is 23.8 Å². The number of carbonyl (C=O) groups is 1. The van der Waals surface area contributed by atoms with Gasteiger partial charge in [-0.05, 0) is 30.0 Å². The number of nitrogens with one attached hydrogen (secondary N) is 1. The number of sulfonamides is 1. The molecular formula is C15H23NO4S. The highest BCUT2D eigenvalue weighted by atomic mass is 32.2. The van der Waals surface area contributed by atoms with E-state index in [0.717, 1.165) is 18.4 Å². The molecule has 0 saturated carbocycles. The van der Waals surface area contributed by atoms with E-state index >= 15 is 0 Å². The van der Waals surface area contributed by atoms with Crippen LogP contribution in [0, 0.1) is 5.92 Å². The van der Waals surface area contributed by atoms with Crippen molar-refractivity contribution in [2.75, 3.05) is 6.54 Å². The maximum Gasteiger partial charge on any atom is 0.303 e. The van der Waals surface area contributed by atoms with E-state index in [2.05, 4.69) is 11.6 Å². The number of aliphatic carboxylic acids is 1. The predicted molar refractivity (Wildman–Crippen MR) is 81.7 cm³/mol. The van der Waals surface area contributed by atoms with Crippen LogP contribution >= 0.6 is 0 Å². The lowest BCUT2D eigenvalue weighted by Gasteiger charge is -2.14. The molecule has 1 aromatic carbocycles. The predicted octanol–water partition coefficient (Wildman–Crippen LogP) is 2.42. The number of benzene rings is 1. The summed E-state index contributed by atoms with van der Waals surface area (Å²) in [6.07, 6.45) is 2.51. The van der Waals surface area contributed by atoms with Gasteiger partial charge in [-0.1, -0.05) is 38.8 Å². The Bertz CT molecular complexity index is 552. The Morgan fingerprint density at radius 3 is 2.33 bits per heavy atom. The topological polar surface area (TPSA) is 83.5 Å². The molecule has 0 aromatic heterocycles. The summed E-state index contributed by atoms with van der Waals surface area (Å²) >= 11 is 0. The molecule has 0 heterocycles. The van der Waals surface area contributed by atoms with Crippen molar-refractivity contribution >= 4 is 16.0 Å². The first-order valence-electron chi connectivity index (χ1n) is 7.19. The fourth-order valence-electron chi connectivity index (χ4n) is 2.04. The Kier molecular flexibility index (Phi) is 6.84. The number of hydrogen-bond donors (Lipinski definition) is 2. The van der Waals surface area contributed by atoms with Crippen LogP contribution in [-0.2, 0) is 21.2 Å². The third-order valence-corrected chi connectivity index (χ3v) is 4.81. The van der Waals surface area contributed by atoms with E-state index in [1.807, 2.05) is 19.1 Å². The van der Waals surface area contributed by atoms with Crippen LogP contribution in [0.2, 0.25) is 0 Å². The van der Waals surface area contributed by atoms with Gasteiger partial charge in [0.15, 0.2) is 0 Å². The summed E-state index contributed by atoms with van der Waals surface area (Å²) in [7, 11) is -3.58. The number of rotatable bonds is 9. The Balaban J connectivity index is 2.70. The van der Waals surface area contributed by atoms with Crippen LogP contribution in [-0.4, -0.2) is 26.0 Å². The first-order valence-corrected chi connectivity index (χ1v) is 8.67. The smallest absolute Gasteiger partial charge is 0.303 e. The number of carboxylic acids is 1. The Labute approximate surface area is 126 Å². The van der Waals surface area contributed by atoms with E-state index < -0.39 is 16.0 Å². The minimum Gasteiger partial charge on any atom is -0.481 e. The van der Waals surface area contributed by atoms with Crippen LogP contribution < -0.4 is 4.72 Å². The lowest BCUT2D eigenvalue weighted by atomic mass is 10.0. The monoisotopic (exact) mass is 313 g/mol. The van der Waals surface area contributed by atoms with Crippen LogP contribution in [0.15, 0.2) is 29.2 Å². The maximum atomic E-state index is 12.1. The number of hydrogen-bond acceptors (Lipinski definition) is 3. The molecule has 1 rings (SSSR count). The van der Waals surface area contributed by atoms with Crippen molar-refractivity contribution in [2.45, 2.75) is 44.4 Å². The fourth-order valence-corrected chi connectivity index (χ4v) is 3.16. The van der Waals surface area contributed by atoms with E-state index in [9.17, 15) is 13.2 Å². The molecule has 0 aliphatic heterocycles. The van der Waals surface area contributed by atoms with Gasteiger partial charge in [-0.25, -0.2) is 13.1 Å². The van der Waals surface area contributed by atoms with Gasteiger partial charge in [-0.2, -0.15) is 0 Å². The summed E-state index contributed by atoms with van der Waals surface area (Å²) in [4.78, 5) is 10.9. The van der Waals surface area contributed by atoms with Crippen molar-refractivity contribution in [3.05, 3.63) is 29.8 Å². The zero-order valence-electron chi connectivity index (χ0n) is 12.5. The van der Waals surface area contributed by atoms with Crippen LogP contribution in [0.25, 0.3) is 0 Å². The minimum absolute atomic E-state index is 0.0333. The van der Waals surface area contributed by atoms with Gasteiger partial charge in [0, 0.05) is 13.0 Å². The molecule has 0 spiro atoms. The first kappa shape index (κ1) is 17.7. The van der Waals surface area contributed by atoms with Crippen LogP contribution in [0.3, 0.4) is 0 Å². The molecule has 1 atom stereocenters. The summed E-state index contributed by atoms with van der Waals surface area (Å²) < 4.78 is 26.8. The van der Waals surface area contributed by atoms with Crippen LogP contribution in [0.1, 0.15) is 38.7 Å². The highest BCUT2D eigenvalue weighted by Gasteiger charge is 2.17. The molecule has 0 aliphatic carbocycles. The summed E-state index contributed by atoms with van der Waals surface area (Å²) in [5.41, 5.74) is 1.11. The maximum absolute atomic E-state index is 12.1. The molecule has 0 radical (unpaired) electrons. The second-order valence-corrected chi connectivity index (χ2v) is 6.88. The van der Waals surface area contributed by atoms with Crippen molar-refractivity contribution in [1.82, 2.24) is 4.72 Å². The zero-order valence-corrected chi connectivity index (χ0v) is 13.3. The third-order valence-electron chi connectivity index (χ3n) is 3.38.